The van der Waals surface area contributed by atoms with Crippen LogP contribution in [0.3, 0.4) is 0 Å². The third-order valence-electron chi connectivity index (χ3n) is 3.54. The zero-order chi connectivity index (χ0) is 14.0. The summed E-state index contributed by atoms with van der Waals surface area (Å²) in [6.45, 7) is 1.31. The highest BCUT2D eigenvalue weighted by atomic mass is 19.1. The maximum absolute atomic E-state index is 14.0. The van der Waals surface area contributed by atoms with Gasteiger partial charge in [-0.05, 0) is 26.6 Å². The molecule has 104 valence electrons. The lowest BCUT2D eigenvalue weighted by atomic mass is 10.2. The van der Waals surface area contributed by atoms with Crippen LogP contribution in [0.5, 0.6) is 0 Å². The van der Waals surface area contributed by atoms with E-state index in [1.807, 2.05) is 14.1 Å². The van der Waals surface area contributed by atoms with Crippen molar-refractivity contribution in [2.75, 3.05) is 39.5 Å². The van der Waals surface area contributed by atoms with Gasteiger partial charge in [0.1, 0.15) is 0 Å². The van der Waals surface area contributed by atoms with Crippen molar-refractivity contribution in [1.29, 1.82) is 0 Å². The van der Waals surface area contributed by atoms with E-state index in [1.165, 1.54) is 12.3 Å². The number of carbonyl (C=O) groups excluding carboxylic acids is 1. The predicted octanol–water partition coefficient (Wildman–Crippen LogP) is 1.04. The Morgan fingerprint density at radius 1 is 1.58 bits per heavy atom. The molecule has 0 aliphatic carbocycles. The topological polar surface area (TPSA) is 48.5 Å². The summed E-state index contributed by atoms with van der Waals surface area (Å²) in [7, 11) is 5.56. The maximum Gasteiger partial charge on any atom is 0.257 e. The molecule has 1 aliphatic rings. The number of nitrogens with zero attached hydrogens (tertiary/aromatic N) is 3. The molecule has 1 aliphatic heterocycles. The Balaban J connectivity index is 2.17. The molecule has 0 radical (unpaired) electrons. The summed E-state index contributed by atoms with van der Waals surface area (Å²) in [6.07, 6.45) is 2.37. The number of aromatic nitrogens is 1. The number of rotatable bonds is 3. The Hall–Kier alpha value is -1.69. The van der Waals surface area contributed by atoms with Gasteiger partial charge in [-0.2, -0.15) is 0 Å². The van der Waals surface area contributed by atoms with Crippen LogP contribution in [0.15, 0.2) is 12.3 Å². The molecule has 1 saturated heterocycles. The summed E-state index contributed by atoms with van der Waals surface area (Å²) in [5, 5.41) is 2.64. The lowest BCUT2D eigenvalue weighted by molar-refractivity contribution is 0.0778. The van der Waals surface area contributed by atoms with Crippen molar-refractivity contribution in [1.82, 2.24) is 14.8 Å². The number of carbonyl (C=O) groups is 1. The van der Waals surface area contributed by atoms with Crippen LogP contribution < -0.4 is 5.32 Å². The molecule has 5 nitrogen and oxygen atoms in total. The van der Waals surface area contributed by atoms with Gasteiger partial charge in [0.05, 0.1) is 5.56 Å². The molecule has 6 heteroatoms. The van der Waals surface area contributed by atoms with E-state index in [4.69, 9.17) is 0 Å². The lowest BCUT2D eigenvalue weighted by Gasteiger charge is -2.20. The van der Waals surface area contributed by atoms with E-state index in [1.54, 1.807) is 11.9 Å². The van der Waals surface area contributed by atoms with Gasteiger partial charge < -0.3 is 15.1 Å². The molecule has 1 aromatic rings. The normalized spacial score (nSPS) is 19.0. The Morgan fingerprint density at radius 3 is 2.89 bits per heavy atom. The molecule has 0 saturated carbocycles. The first-order valence-electron chi connectivity index (χ1n) is 6.32. The molecule has 1 aromatic heterocycles. The van der Waals surface area contributed by atoms with Crippen LogP contribution in [0.25, 0.3) is 0 Å². The fourth-order valence-corrected chi connectivity index (χ4v) is 2.30. The van der Waals surface area contributed by atoms with E-state index in [0.29, 0.717) is 19.1 Å². The van der Waals surface area contributed by atoms with Crippen molar-refractivity contribution >= 4 is 11.7 Å². The monoisotopic (exact) mass is 266 g/mol. The Bertz CT molecular complexity index is 478. The van der Waals surface area contributed by atoms with E-state index < -0.39 is 5.82 Å². The van der Waals surface area contributed by atoms with Crippen LogP contribution >= 0.6 is 0 Å². The zero-order valence-corrected chi connectivity index (χ0v) is 11.5. The summed E-state index contributed by atoms with van der Waals surface area (Å²) in [5.41, 5.74) is 0.0822. The second kappa shape index (κ2) is 5.52. The molecule has 1 unspecified atom stereocenters. The maximum atomic E-state index is 14.0. The number of likely N-dealkylation sites (N-methyl/N-ethyl adjacent to an activating group) is 1. The van der Waals surface area contributed by atoms with Crippen LogP contribution in [0.1, 0.15) is 16.8 Å². The SMILES string of the molecule is CNc1nccc(C(=O)N2CCC(N(C)C)C2)c1F. The van der Waals surface area contributed by atoms with Crippen molar-refractivity contribution in [3.8, 4) is 0 Å². The number of nitrogens with one attached hydrogen (secondary N) is 1. The third kappa shape index (κ3) is 2.68. The average molecular weight is 266 g/mol. The van der Waals surface area contributed by atoms with Gasteiger partial charge in [0.2, 0.25) is 0 Å². The van der Waals surface area contributed by atoms with Crippen LogP contribution in [-0.2, 0) is 0 Å². The molecule has 1 atom stereocenters. The van der Waals surface area contributed by atoms with Crippen molar-refractivity contribution in [2.24, 2.45) is 0 Å². The van der Waals surface area contributed by atoms with Gasteiger partial charge in [0.15, 0.2) is 11.6 Å². The lowest BCUT2D eigenvalue weighted by Crippen LogP contribution is -2.34. The zero-order valence-electron chi connectivity index (χ0n) is 11.5. The highest BCUT2D eigenvalue weighted by Gasteiger charge is 2.29. The first kappa shape index (κ1) is 13.7. The first-order chi connectivity index (χ1) is 9.04. The fourth-order valence-electron chi connectivity index (χ4n) is 2.30. The molecule has 2 rings (SSSR count). The standard InChI is InChI=1S/C13H19FN4O/c1-15-12-11(14)10(4-6-16-12)13(19)18-7-5-9(8-18)17(2)3/h4,6,9H,5,7-8H2,1-3H3,(H,15,16). The van der Waals surface area contributed by atoms with Gasteiger partial charge in [0.25, 0.3) is 5.91 Å². The number of halogens is 1. The first-order valence-corrected chi connectivity index (χ1v) is 6.32. The molecule has 0 aromatic carbocycles. The quantitative estimate of drug-likeness (QED) is 0.888. The van der Waals surface area contributed by atoms with Crippen LogP contribution in [0, 0.1) is 5.82 Å². The summed E-state index contributed by atoms with van der Waals surface area (Å²) >= 11 is 0. The summed E-state index contributed by atoms with van der Waals surface area (Å²) in [4.78, 5) is 19.9. The molecule has 1 N–H and O–H groups in total. The fraction of sp³-hybridized carbons (Fsp3) is 0.538. The third-order valence-corrected chi connectivity index (χ3v) is 3.54. The molecule has 19 heavy (non-hydrogen) atoms. The Morgan fingerprint density at radius 2 is 2.32 bits per heavy atom. The van der Waals surface area contributed by atoms with Crippen LogP contribution in [0.2, 0.25) is 0 Å². The Kier molecular flexibility index (Phi) is 3.99. The smallest absolute Gasteiger partial charge is 0.257 e. The van der Waals surface area contributed by atoms with Crippen molar-refractivity contribution in [2.45, 2.75) is 12.5 Å². The van der Waals surface area contributed by atoms with E-state index in [-0.39, 0.29) is 17.3 Å². The highest BCUT2D eigenvalue weighted by Crippen LogP contribution is 2.20. The summed E-state index contributed by atoms with van der Waals surface area (Å²) in [6, 6.07) is 1.78. The Labute approximate surface area is 112 Å². The highest BCUT2D eigenvalue weighted by molar-refractivity contribution is 5.95. The van der Waals surface area contributed by atoms with Gasteiger partial charge >= 0.3 is 0 Å². The van der Waals surface area contributed by atoms with Crippen molar-refractivity contribution in [3.63, 3.8) is 0 Å². The largest absolute Gasteiger partial charge is 0.371 e. The molecular weight excluding hydrogens is 247 g/mol. The van der Waals surface area contributed by atoms with Gasteiger partial charge in [0, 0.05) is 32.4 Å². The second-order valence-electron chi connectivity index (χ2n) is 4.93. The summed E-state index contributed by atoms with van der Waals surface area (Å²) in [5.74, 6) is -0.738. The molecule has 1 fully saturated rings. The molecule has 0 spiro atoms. The average Bonchev–Trinajstić information content (AvgIpc) is 2.88. The number of pyridine rings is 1. The predicted molar refractivity (Wildman–Crippen MR) is 71.7 cm³/mol. The van der Waals surface area contributed by atoms with E-state index in [2.05, 4.69) is 15.2 Å². The second-order valence-corrected chi connectivity index (χ2v) is 4.93. The van der Waals surface area contributed by atoms with Gasteiger partial charge in [-0.25, -0.2) is 9.37 Å². The number of hydrogen-bond acceptors (Lipinski definition) is 4. The van der Waals surface area contributed by atoms with E-state index in [9.17, 15) is 9.18 Å². The minimum Gasteiger partial charge on any atom is -0.371 e. The molecule has 0 bridgehead atoms. The number of likely N-dealkylation sites (tertiary alicyclic amines) is 1. The van der Waals surface area contributed by atoms with Crippen LogP contribution in [-0.4, -0.2) is 61.0 Å². The number of anilines is 1. The van der Waals surface area contributed by atoms with E-state index >= 15 is 0 Å². The number of amides is 1. The van der Waals surface area contributed by atoms with Crippen molar-refractivity contribution in [3.05, 3.63) is 23.6 Å². The van der Waals surface area contributed by atoms with Gasteiger partial charge in [-0.3, -0.25) is 4.79 Å². The van der Waals surface area contributed by atoms with Crippen LogP contribution in [0.4, 0.5) is 10.2 Å². The van der Waals surface area contributed by atoms with Gasteiger partial charge in [-0.1, -0.05) is 0 Å². The minimum atomic E-state index is -0.580. The molecule has 1 amide bonds. The van der Waals surface area contributed by atoms with Crippen molar-refractivity contribution < 1.29 is 9.18 Å². The molecule has 2 heterocycles. The van der Waals surface area contributed by atoms with Gasteiger partial charge in [-0.15, -0.1) is 0 Å². The van der Waals surface area contributed by atoms with E-state index in [0.717, 1.165) is 6.42 Å². The summed E-state index contributed by atoms with van der Waals surface area (Å²) < 4.78 is 14.0. The minimum absolute atomic E-state index is 0.0822. The number of hydrogen-bond donors (Lipinski definition) is 1. The molecular formula is C13H19FN4O.